The second kappa shape index (κ2) is 6.65. The molecule has 0 aromatic carbocycles. The maximum absolute atomic E-state index is 5.75. The molecule has 3 N–H and O–H groups in total. The van der Waals surface area contributed by atoms with Crippen LogP contribution in [0.15, 0.2) is 30.6 Å². The molecule has 21 heavy (non-hydrogen) atoms. The zero-order valence-corrected chi connectivity index (χ0v) is 12.9. The van der Waals surface area contributed by atoms with Gasteiger partial charge in [0.15, 0.2) is 0 Å². The van der Waals surface area contributed by atoms with Gasteiger partial charge < -0.3 is 4.74 Å². The molecule has 5 heteroatoms. The minimum atomic E-state index is -0.145. The highest BCUT2D eigenvalue weighted by atomic mass is 16.5. The number of aromatic nitrogens is 2. The monoisotopic (exact) mass is 286 g/mol. The molecule has 0 spiro atoms. The quantitative estimate of drug-likeness (QED) is 0.652. The third kappa shape index (κ3) is 4.00. The number of hydrazine groups is 1. The summed E-state index contributed by atoms with van der Waals surface area (Å²) < 4.78 is 5.69. The summed E-state index contributed by atoms with van der Waals surface area (Å²) in [6.07, 6.45) is 3.61. The number of nitrogens with one attached hydrogen (secondary N) is 1. The zero-order chi connectivity index (χ0) is 15.4. The molecule has 1 unspecified atom stereocenters. The van der Waals surface area contributed by atoms with Gasteiger partial charge in [0.25, 0.3) is 0 Å². The molecule has 0 amide bonds. The molecule has 0 fully saturated rings. The third-order valence-corrected chi connectivity index (χ3v) is 3.04. The molecule has 0 aliphatic heterocycles. The van der Waals surface area contributed by atoms with Gasteiger partial charge >= 0.3 is 0 Å². The summed E-state index contributed by atoms with van der Waals surface area (Å²) >= 11 is 0. The van der Waals surface area contributed by atoms with Crippen molar-refractivity contribution in [2.24, 2.45) is 5.84 Å². The van der Waals surface area contributed by atoms with E-state index in [2.05, 4.69) is 15.4 Å². The van der Waals surface area contributed by atoms with Gasteiger partial charge in [0.1, 0.15) is 5.75 Å². The predicted octanol–water partition coefficient (Wildman–Crippen LogP) is 2.43. The fourth-order valence-electron chi connectivity index (χ4n) is 2.35. The summed E-state index contributed by atoms with van der Waals surface area (Å²) in [5, 5.41) is 0. The minimum Gasteiger partial charge on any atom is -0.489 e. The average molecular weight is 286 g/mol. The Labute approximate surface area is 125 Å². The summed E-state index contributed by atoms with van der Waals surface area (Å²) in [5.41, 5.74) is 6.80. The first kappa shape index (κ1) is 15.4. The Morgan fingerprint density at radius 3 is 2.29 bits per heavy atom. The van der Waals surface area contributed by atoms with Crippen molar-refractivity contribution < 1.29 is 4.74 Å². The largest absolute Gasteiger partial charge is 0.489 e. The molecule has 0 saturated carbocycles. The molecule has 0 bridgehead atoms. The molecule has 2 heterocycles. The molecule has 1 atom stereocenters. The van der Waals surface area contributed by atoms with E-state index in [0.29, 0.717) is 0 Å². The van der Waals surface area contributed by atoms with Crippen LogP contribution >= 0.6 is 0 Å². The lowest BCUT2D eigenvalue weighted by atomic mass is 10.00. The molecule has 2 aromatic rings. The Bertz CT molecular complexity index is 593. The molecular weight excluding hydrogens is 264 g/mol. The highest BCUT2D eigenvalue weighted by Crippen LogP contribution is 2.25. The predicted molar refractivity (Wildman–Crippen MR) is 82.9 cm³/mol. The number of rotatable bonds is 5. The number of pyridine rings is 2. The number of nitrogens with two attached hydrogens (primary N) is 1. The van der Waals surface area contributed by atoms with Gasteiger partial charge in [-0.05, 0) is 57.0 Å². The van der Waals surface area contributed by atoms with E-state index in [0.717, 1.165) is 28.3 Å². The van der Waals surface area contributed by atoms with Gasteiger partial charge in [-0.2, -0.15) is 0 Å². The van der Waals surface area contributed by atoms with Crippen LogP contribution in [0.25, 0.3) is 0 Å². The summed E-state index contributed by atoms with van der Waals surface area (Å²) in [7, 11) is 0. The number of ether oxygens (including phenoxy) is 1. The van der Waals surface area contributed by atoms with Crippen LogP contribution in [0.4, 0.5) is 0 Å². The first-order chi connectivity index (χ1) is 9.99. The molecule has 0 saturated heterocycles. The molecule has 0 radical (unpaired) electrons. The molecule has 5 nitrogen and oxygen atoms in total. The second-order valence-electron chi connectivity index (χ2n) is 5.40. The standard InChI is InChI=1S/C16H22N4O/c1-10(2)21-15-7-14(8-18-9-15)16(20-17)13-5-11(3)19-12(4)6-13/h5-10,16,20H,17H2,1-4H3. The lowest BCUT2D eigenvalue weighted by Crippen LogP contribution is -2.29. The number of hydrogen-bond donors (Lipinski definition) is 2. The van der Waals surface area contributed by atoms with Crippen LogP contribution in [0.3, 0.4) is 0 Å². The van der Waals surface area contributed by atoms with Crippen LogP contribution in [-0.2, 0) is 0 Å². The molecule has 0 aliphatic carbocycles. The molecule has 2 rings (SSSR count). The lowest BCUT2D eigenvalue weighted by molar-refractivity contribution is 0.241. The van der Waals surface area contributed by atoms with Crippen molar-refractivity contribution in [3.8, 4) is 5.75 Å². The third-order valence-electron chi connectivity index (χ3n) is 3.04. The number of hydrogen-bond acceptors (Lipinski definition) is 5. The second-order valence-corrected chi connectivity index (χ2v) is 5.40. The Morgan fingerprint density at radius 2 is 1.71 bits per heavy atom. The zero-order valence-electron chi connectivity index (χ0n) is 12.9. The van der Waals surface area contributed by atoms with E-state index < -0.39 is 0 Å². The Balaban J connectivity index is 2.36. The van der Waals surface area contributed by atoms with Crippen molar-refractivity contribution in [1.29, 1.82) is 0 Å². The van der Waals surface area contributed by atoms with Crippen molar-refractivity contribution >= 4 is 0 Å². The van der Waals surface area contributed by atoms with Gasteiger partial charge in [-0.1, -0.05) is 0 Å². The first-order valence-corrected chi connectivity index (χ1v) is 7.02. The minimum absolute atomic E-state index is 0.108. The summed E-state index contributed by atoms with van der Waals surface area (Å²) in [6.45, 7) is 7.92. The van der Waals surface area contributed by atoms with E-state index >= 15 is 0 Å². The van der Waals surface area contributed by atoms with Crippen molar-refractivity contribution in [1.82, 2.24) is 15.4 Å². The van der Waals surface area contributed by atoms with Crippen LogP contribution in [-0.4, -0.2) is 16.1 Å². The molecular formula is C16H22N4O. The van der Waals surface area contributed by atoms with E-state index in [9.17, 15) is 0 Å². The van der Waals surface area contributed by atoms with Crippen molar-refractivity contribution in [3.63, 3.8) is 0 Å². The van der Waals surface area contributed by atoms with Gasteiger partial charge in [0.05, 0.1) is 18.3 Å². The van der Waals surface area contributed by atoms with Gasteiger partial charge in [-0.15, -0.1) is 0 Å². The van der Waals surface area contributed by atoms with E-state index in [1.165, 1.54) is 0 Å². The van der Waals surface area contributed by atoms with E-state index in [1.807, 2.05) is 45.9 Å². The summed E-state index contributed by atoms with van der Waals surface area (Å²) in [5.74, 6) is 6.49. The summed E-state index contributed by atoms with van der Waals surface area (Å²) in [6, 6.07) is 5.86. The smallest absolute Gasteiger partial charge is 0.138 e. The normalized spacial score (nSPS) is 12.5. The van der Waals surface area contributed by atoms with E-state index in [-0.39, 0.29) is 12.1 Å². The first-order valence-electron chi connectivity index (χ1n) is 7.02. The highest BCUT2D eigenvalue weighted by molar-refractivity contribution is 5.35. The lowest BCUT2D eigenvalue weighted by Gasteiger charge is -2.19. The Morgan fingerprint density at radius 1 is 1.05 bits per heavy atom. The molecule has 0 aliphatic rings. The fraction of sp³-hybridized carbons (Fsp3) is 0.375. The topological polar surface area (TPSA) is 73.1 Å². The number of aryl methyl sites for hydroxylation is 2. The van der Waals surface area contributed by atoms with E-state index in [1.54, 1.807) is 12.4 Å². The van der Waals surface area contributed by atoms with Crippen molar-refractivity contribution in [3.05, 3.63) is 53.1 Å². The SMILES string of the molecule is Cc1cc(C(NN)c2cncc(OC(C)C)c2)cc(C)n1. The van der Waals surface area contributed by atoms with Crippen molar-refractivity contribution in [2.45, 2.75) is 39.8 Å². The van der Waals surface area contributed by atoms with Crippen LogP contribution in [0.5, 0.6) is 5.75 Å². The van der Waals surface area contributed by atoms with E-state index in [4.69, 9.17) is 10.6 Å². The van der Waals surface area contributed by atoms with Crippen molar-refractivity contribution in [2.75, 3.05) is 0 Å². The Hall–Kier alpha value is -1.98. The maximum atomic E-state index is 5.75. The van der Waals surface area contributed by atoms with Crippen LogP contribution in [0, 0.1) is 13.8 Å². The number of nitrogens with zero attached hydrogens (tertiary/aromatic N) is 2. The highest BCUT2D eigenvalue weighted by Gasteiger charge is 2.15. The van der Waals surface area contributed by atoms with Gasteiger partial charge in [-0.3, -0.25) is 15.8 Å². The maximum Gasteiger partial charge on any atom is 0.138 e. The summed E-state index contributed by atoms with van der Waals surface area (Å²) in [4.78, 5) is 8.63. The van der Waals surface area contributed by atoms with Gasteiger partial charge in [-0.25, -0.2) is 5.43 Å². The van der Waals surface area contributed by atoms with Crippen LogP contribution in [0.1, 0.15) is 42.4 Å². The van der Waals surface area contributed by atoms with Gasteiger partial charge in [0.2, 0.25) is 0 Å². The Kier molecular flexibility index (Phi) is 4.88. The average Bonchev–Trinajstić information content (AvgIpc) is 2.38. The molecule has 2 aromatic heterocycles. The van der Waals surface area contributed by atoms with Crippen LogP contribution in [0.2, 0.25) is 0 Å². The van der Waals surface area contributed by atoms with Gasteiger partial charge in [0, 0.05) is 17.6 Å². The fourth-order valence-corrected chi connectivity index (χ4v) is 2.35. The van der Waals surface area contributed by atoms with Crippen LogP contribution < -0.4 is 16.0 Å². The molecule has 112 valence electrons.